The molecular weight excluding hydrogens is 311 g/mol. The fourth-order valence-electron chi connectivity index (χ4n) is 2.03. The van der Waals surface area contributed by atoms with Crippen molar-refractivity contribution in [2.45, 2.75) is 6.10 Å². The molecule has 0 aliphatic carbocycles. The molecule has 0 saturated carbocycles. The van der Waals surface area contributed by atoms with Crippen molar-refractivity contribution in [3.05, 3.63) is 78.4 Å². The topological polar surface area (TPSA) is 64.5 Å². The van der Waals surface area contributed by atoms with Gasteiger partial charge in [0.15, 0.2) is 0 Å². The van der Waals surface area contributed by atoms with Gasteiger partial charge in [0.05, 0.1) is 0 Å². The number of aliphatic hydroxyl groups is 1. The minimum atomic E-state index is -0.854. The highest BCUT2D eigenvalue weighted by atomic mass is 19.1. The molecule has 24 heavy (non-hydrogen) atoms. The number of rotatable bonds is 6. The van der Waals surface area contributed by atoms with Crippen LogP contribution in [0, 0.1) is 5.82 Å². The SMILES string of the molecule is OC(COc1cccc(Oc2ncccn2)c1)c1ccc(F)cc1. The normalized spacial score (nSPS) is 11.8. The van der Waals surface area contributed by atoms with Gasteiger partial charge in [-0.1, -0.05) is 18.2 Å². The predicted octanol–water partition coefficient (Wildman–Crippen LogP) is 3.52. The van der Waals surface area contributed by atoms with Crippen molar-refractivity contribution in [3.63, 3.8) is 0 Å². The molecule has 1 N–H and O–H groups in total. The van der Waals surface area contributed by atoms with Gasteiger partial charge in [0, 0.05) is 18.5 Å². The average Bonchev–Trinajstić information content (AvgIpc) is 2.61. The van der Waals surface area contributed by atoms with Crippen molar-refractivity contribution < 1.29 is 19.0 Å². The maximum absolute atomic E-state index is 12.9. The lowest BCUT2D eigenvalue weighted by Crippen LogP contribution is -2.09. The van der Waals surface area contributed by atoms with Gasteiger partial charge < -0.3 is 14.6 Å². The van der Waals surface area contributed by atoms with Crippen LogP contribution >= 0.6 is 0 Å². The number of nitrogens with zero attached hydrogens (tertiary/aromatic N) is 2. The Morgan fingerprint density at radius 2 is 1.67 bits per heavy atom. The summed E-state index contributed by atoms with van der Waals surface area (Å²) < 4.78 is 24.0. The average molecular weight is 326 g/mol. The van der Waals surface area contributed by atoms with Crippen LogP contribution in [-0.2, 0) is 0 Å². The highest BCUT2D eigenvalue weighted by Crippen LogP contribution is 2.24. The molecule has 0 saturated heterocycles. The zero-order chi connectivity index (χ0) is 16.8. The first-order valence-corrected chi connectivity index (χ1v) is 7.32. The van der Waals surface area contributed by atoms with Crippen molar-refractivity contribution in [2.24, 2.45) is 0 Å². The summed E-state index contributed by atoms with van der Waals surface area (Å²) in [6, 6.07) is 14.5. The van der Waals surface area contributed by atoms with E-state index in [1.807, 2.05) is 0 Å². The van der Waals surface area contributed by atoms with Gasteiger partial charge in [-0.2, -0.15) is 0 Å². The van der Waals surface area contributed by atoms with Crippen LogP contribution in [0.15, 0.2) is 67.0 Å². The Hall–Kier alpha value is -2.99. The molecule has 0 aliphatic rings. The first-order chi connectivity index (χ1) is 11.7. The minimum absolute atomic E-state index is 0.0386. The van der Waals surface area contributed by atoms with Crippen LogP contribution in [0.25, 0.3) is 0 Å². The van der Waals surface area contributed by atoms with E-state index >= 15 is 0 Å². The van der Waals surface area contributed by atoms with Crippen LogP contribution < -0.4 is 9.47 Å². The zero-order valence-electron chi connectivity index (χ0n) is 12.7. The van der Waals surface area contributed by atoms with E-state index in [1.165, 1.54) is 24.3 Å². The summed E-state index contributed by atoms with van der Waals surface area (Å²) in [4.78, 5) is 7.96. The second kappa shape index (κ2) is 7.52. The molecule has 1 heterocycles. The van der Waals surface area contributed by atoms with Gasteiger partial charge in [-0.15, -0.1) is 0 Å². The highest BCUT2D eigenvalue weighted by Gasteiger charge is 2.09. The second-order valence-electron chi connectivity index (χ2n) is 4.99. The number of ether oxygens (including phenoxy) is 2. The standard InChI is InChI=1S/C18H15FN2O3/c19-14-7-5-13(6-8-14)17(22)12-23-15-3-1-4-16(11-15)24-18-20-9-2-10-21-18/h1-11,17,22H,12H2. The van der Waals surface area contributed by atoms with E-state index in [1.54, 1.807) is 42.7 Å². The van der Waals surface area contributed by atoms with Crippen molar-refractivity contribution in [2.75, 3.05) is 6.61 Å². The molecule has 0 fully saturated rings. The van der Waals surface area contributed by atoms with Crippen LogP contribution in [0.1, 0.15) is 11.7 Å². The molecule has 1 unspecified atom stereocenters. The van der Waals surface area contributed by atoms with Crippen LogP contribution in [-0.4, -0.2) is 21.7 Å². The third-order valence-corrected chi connectivity index (χ3v) is 3.22. The van der Waals surface area contributed by atoms with E-state index in [2.05, 4.69) is 9.97 Å². The first kappa shape index (κ1) is 15.9. The molecule has 0 radical (unpaired) electrons. The number of halogens is 1. The van der Waals surface area contributed by atoms with E-state index in [0.29, 0.717) is 17.1 Å². The Labute approximate surface area is 138 Å². The third kappa shape index (κ3) is 4.27. The third-order valence-electron chi connectivity index (χ3n) is 3.22. The van der Waals surface area contributed by atoms with Gasteiger partial charge >= 0.3 is 6.01 Å². The molecule has 6 heteroatoms. The lowest BCUT2D eigenvalue weighted by atomic mass is 10.1. The monoisotopic (exact) mass is 326 g/mol. The van der Waals surface area contributed by atoms with Gasteiger partial charge in [-0.05, 0) is 35.9 Å². The summed E-state index contributed by atoms with van der Waals surface area (Å²) in [7, 11) is 0. The quantitative estimate of drug-likeness (QED) is 0.751. The molecule has 0 aliphatic heterocycles. The van der Waals surface area contributed by atoms with E-state index in [4.69, 9.17) is 9.47 Å². The Morgan fingerprint density at radius 1 is 0.958 bits per heavy atom. The molecule has 3 aromatic rings. The summed E-state index contributed by atoms with van der Waals surface area (Å²) in [5, 5.41) is 10.1. The maximum atomic E-state index is 12.9. The molecule has 0 spiro atoms. The largest absolute Gasteiger partial charge is 0.490 e. The van der Waals surface area contributed by atoms with Crippen LogP contribution in [0.5, 0.6) is 17.5 Å². The predicted molar refractivity (Wildman–Crippen MR) is 85.4 cm³/mol. The Kier molecular flexibility index (Phi) is 4.98. The van der Waals surface area contributed by atoms with Crippen LogP contribution in [0.2, 0.25) is 0 Å². The molecule has 0 amide bonds. The van der Waals surface area contributed by atoms with E-state index in [-0.39, 0.29) is 18.4 Å². The van der Waals surface area contributed by atoms with Crippen molar-refractivity contribution in [1.82, 2.24) is 9.97 Å². The fraction of sp³-hybridized carbons (Fsp3) is 0.111. The Bertz CT molecular complexity index is 782. The summed E-state index contributed by atoms with van der Waals surface area (Å²) in [6.07, 6.45) is 2.32. The van der Waals surface area contributed by atoms with E-state index < -0.39 is 6.10 Å². The Morgan fingerprint density at radius 3 is 2.42 bits per heavy atom. The van der Waals surface area contributed by atoms with Gasteiger partial charge in [-0.3, -0.25) is 0 Å². The van der Waals surface area contributed by atoms with Crippen LogP contribution in [0.3, 0.4) is 0 Å². The molecule has 122 valence electrons. The number of hydrogen-bond acceptors (Lipinski definition) is 5. The van der Waals surface area contributed by atoms with Gasteiger partial charge in [0.1, 0.15) is 30.0 Å². The lowest BCUT2D eigenvalue weighted by molar-refractivity contribution is 0.108. The first-order valence-electron chi connectivity index (χ1n) is 7.32. The van der Waals surface area contributed by atoms with Crippen molar-refractivity contribution >= 4 is 0 Å². The second-order valence-corrected chi connectivity index (χ2v) is 4.99. The summed E-state index contributed by atoms with van der Waals surface area (Å²) in [5.41, 5.74) is 0.585. The number of aliphatic hydroxyl groups excluding tert-OH is 1. The van der Waals surface area contributed by atoms with Gasteiger partial charge in [-0.25, -0.2) is 14.4 Å². The number of benzene rings is 2. The maximum Gasteiger partial charge on any atom is 0.321 e. The van der Waals surface area contributed by atoms with E-state index in [0.717, 1.165) is 0 Å². The van der Waals surface area contributed by atoms with Crippen molar-refractivity contribution in [1.29, 1.82) is 0 Å². The summed E-state index contributed by atoms with van der Waals surface area (Å²) in [6.45, 7) is 0.0386. The molecule has 5 nitrogen and oxygen atoms in total. The van der Waals surface area contributed by atoms with Gasteiger partial charge in [0.2, 0.25) is 0 Å². The number of aromatic nitrogens is 2. The zero-order valence-corrected chi connectivity index (χ0v) is 12.7. The minimum Gasteiger partial charge on any atom is -0.490 e. The fourth-order valence-corrected chi connectivity index (χ4v) is 2.03. The van der Waals surface area contributed by atoms with E-state index in [9.17, 15) is 9.50 Å². The highest BCUT2D eigenvalue weighted by molar-refractivity contribution is 5.34. The van der Waals surface area contributed by atoms with Gasteiger partial charge in [0.25, 0.3) is 0 Å². The molecule has 1 aromatic heterocycles. The molecule has 2 aromatic carbocycles. The summed E-state index contributed by atoms with van der Waals surface area (Å²) in [5.74, 6) is 0.708. The summed E-state index contributed by atoms with van der Waals surface area (Å²) >= 11 is 0. The lowest BCUT2D eigenvalue weighted by Gasteiger charge is -2.13. The smallest absolute Gasteiger partial charge is 0.321 e. The molecule has 3 rings (SSSR count). The van der Waals surface area contributed by atoms with Crippen LogP contribution in [0.4, 0.5) is 4.39 Å². The molecule has 1 atom stereocenters. The molecule has 0 bridgehead atoms. The van der Waals surface area contributed by atoms with Crippen molar-refractivity contribution in [3.8, 4) is 17.5 Å². The Balaban J connectivity index is 1.61. The molecular formula is C18H15FN2O3. The number of hydrogen-bond donors (Lipinski definition) is 1.